The Morgan fingerprint density at radius 2 is 2.07 bits per heavy atom. The molecule has 4 nitrogen and oxygen atoms in total. The van der Waals surface area contributed by atoms with Gasteiger partial charge in [-0.1, -0.05) is 0 Å². The van der Waals surface area contributed by atoms with E-state index < -0.39 is 4.92 Å². The summed E-state index contributed by atoms with van der Waals surface area (Å²) in [4.78, 5) is 21.8. The van der Waals surface area contributed by atoms with Crippen molar-refractivity contribution in [2.45, 2.75) is 13.8 Å². The number of nitro benzene ring substituents is 1. The molecule has 0 heterocycles. The molecule has 5 heteroatoms. The number of nitrogens with zero attached hydrogens (tertiary/aromatic N) is 1. The summed E-state index contributed by atoms with van der Waals surface area (Å²) in [7, 11) is 0. The van der Waals surface area contributed by atoms with E-state index >= 15 is 0 Å². The molecule has 1 aromatic rings. The van der Waals surface area contributed by atoms with Gasteiger partial charge in [0.15, 0.2) is 0 Å². The molecule has 15 heavy (non-hydrogen) atoms. The molecule has 0 saturated carbocycles. The zero-order valence-corrected chi connectivity index (χ0v) is 11.3. The van der Waals surface area contributed by atoms with Crippen LogP contribution in [0.15, 0.2) is 18.2 Å². The minimum absolute atomic E-state index is 0.0261. The van der Waals surface area contributed by atoms with Crippen LogP contribution in [0, 0.1) is 40.8 Å². The van der Waals surface area contributed by atoms with E-state index in [2.05, 4.69) is 0 Å². The van der Waals surface area contributed by atoms with Crippen LogP contribution in [0.1, 0.15) is 24.2 Å². The maximum absolute atomic E-state index is 11.6. The molecule has 0 aliphatic carbocycles. The standard InChI is InChI=1S/C10H10AtNO3/c1-6(2)10(13)7-3-4-8(11)9(5-7)12(14)15/h3-6H,1-2H3. The average molecular weight is 402 g/mol. The molecule has 0 unspecified atom stereocenters. The first-order valence-corrected chi connectivity index (χ1v) is 5.88. The third-order valence-electron chi connectivity index (χ3n) is 1.95. The van der Waals surface area contributed by atoms with E-state index in [-0.39, 0.29) is 17.4 Å². The zero-order chi connectivity index (χ0) is 11.6. The Bertz CT molecular complexity index is 415. The van der Waals surface area contributed by atoms with Gasteiger partial charge in [0, 0.05) is 0 Å². The number of carbonyl (C=O) groups excluding carboxylic acids is 1. The first-order chi connectivity index (χ1) is 6.93. The number of carbonyl (C=O) groups is 1. The number of Topliss-reactive ketones (excluding diaryl/α,β-unsaturated/α-hetero) is 1. The fourth-order valence-electron chi connectivity index (χ4n) is 1.14. The number of hydrogen-bond acceptors (Lipinski definition) is 3. The molecule has 0 aliphatic heterocycles. The second kappa shape index (κ2) is 4.80. The quantitative estimate of drug-likeness (QED) is 0.439. The van der Waals surface area contributed by atoms with Crippen molar-refractivity contribution in [3.8, 4) is 0 Å². The van der Waals surface area contributed by atoms with Crippen LogP contribution in [0.3, 0.4) is 0 Å². The van der Waals surface area contributed by atoms with Crippen molar-refractivity contribution >= 4 is 14.7 Å². The van der Waals surface area contributed by atoms with Crippen LogP contribution in [0.5, 0.6) is 0 Å². The van der Waals surface area contributed by atoms with Gasteiger partial charge in [-0.15, -0.1) is 0 Å². The van der Waals surface area contributed by atoms with Gasteiger partial charge in [0.25, 0.3) is 0 Å². The SMILES string of the molecule is CC(C)C(=O)c1ccc([At])c([N+](=O)[O-])c1. The van der Waals surface area contributed by atoms with Crippen LogP contribution in [-0.4, -0.2) is 10.7 Å². The Hall–Kier alpha value is -0.827. The van der Waals surface area contributed by atoms with Crippen molar-refractivity contribution in [2.75, 3.05) is 0 Å². The van der Waals surface area contributed by atoms with E-state index in [1.807, 2.05) is 0 Å². The Kier molecular flexibility index (Phi) is 3.92. The van der Waals surface area contributed by atoms with E-state index in [1.165, 1.54) is 30.8 Å². The summed E-state index contributed by atoms with van der Waals surface area (Å²) in [6.45, 7) is 3.55. The van der Waals surface area contributed by atoms with Gasteiger partial charge in [0.05, 0.1) is 0 Å². The Balaban J connectivity index is 3.19. The van der Waals surface area contributed by atoms with Crippen LogP contribution in [0.25, 0.3) is 0 Å². The van der Waals surface area contributed by atoms with Crippen molar-refractivity contribution in [1.82, 2.24) is 0 Å². The van der Waals surface area contributed by atoms with Crippen LogP contribution in [0.2, 0.25) is 0 Å². The molecule has 0 amide bonds. The van der Waals surface area contributed by atoms with E-state index in [9.17, 15) is 14.9 Å². The minimum atomic E-state index is -0.452. The summed E-state index contributed by atoms with van der Waals surface area (Å²) in [5, 5.41) is 10.7. The third kappa shape index (κ3) is 2.81. The van der Waals surface area contributed by atoms with Crippen LogP contribution < -0.4 is 3.27 Å². The maximum atomic E-state index is 11.6. The van der Waals surface area contributed by atoms with E-state index in [0.717, 1.165) is 0 Å². The van der Waals surface area contributed by atoms with Crippen molar-refractivity contribution in [3.63, 3.8) is 0 Å². The Morgan fingerprint density at radius 3 is 2.53 bits per heavy atom. The molecule has 1 rings (SSSR count). The van der Waals surface area contributed by atoms with E-state index in [0.29, 0.717) is 8.83 Å². The molecular weight excluding hydrogens is 392 g/mol. The molecular formula is C10H10AtNO3. The number of ketones is 1. The molecule has 0 saturated heterocycles. The van der Waals surface area contributed by atoms with Crippen LogP contribution in [0.4, 0.5) is 5.69 Å². The zero-order valence-electron chi connectivity index (χ0n) is 8.36. The third-order valence-corrected chi connectivity index (χ3v) is 3.19. The molecule has 0 radical (unpaired) electrons. The van der Waals surface area contributed by atoms with Gasteiger partial charge < -0.3 is 0 Å². The molecule has 0 spiro atoms. The van der Waals surface area contributed by atoms with Gasteiger partial charge in [0.1, 0.15) is 0 Å². The van der Waals surface area contributed by atoms with E-state index in [4.69, 9.17) is 0 Å². The molecule has 0 fully saturated rings. The fourth-order valence-corrected chi connectivity index (χ4v) is 1.86. The molecule has 0 aliphatic rings. The molecule has 0 N–H and O–H groups in total. The average Bonchev–Trinajstić information content (AvgIpc) is 2.16. The predicted molar refractivity (Wildman–Crippen MR) is 51.9 cm³/mol. The first kappa shape index (κ1) is 12.2. The number of rotatable bonds is 3. The van der Waals surface area contributed by atoms with Gasteiger partial charge in [-0.2, -0.15) is 0 Å². The molecule has 80 valence electrons. The van der Waals surface area contributed by atoms with Crippen LogP contribution in [-0.2, 0) is 0 Å². The van der Waals surface area contributed by atoms with E-state index in [1.54, 1.807) is 26.0 Å². The number of benzene rings is 1. The van der Waals surface area contributed by atoms with Crippen molar-refractivity contribution in [3.05, 3.63) is 33.9 Å². The van der Waals surface area contributed by atoms with Gasteiger partial charge in [-0.3, -0.25) is 0 Å². The van der Waals surface area contributed by atoms with Crippen molar-refractivity contribution in [1.29, 1.82) is 0 Å². The number of hydrogen-bond donors (Lipinski definition) is 0. The Morgan fingerprint density at radius 1 is 1.47 bits per heavy atom. The van der Waals surface area contributed by atoms with Gasteiger partial charge in [-0.05, 0) is 0 Å². The normalized spacial score (nSPS) is 10.4. The molecule has 0 atom stereocenters. The summed E-state index contributed by atoms with van der Waals surface area (Å²) in [5.74, 6) is -0.207. The van der Waals surface area contributed by atoms with Crippen LogP contribution >= 0.6 is 0 Å². The summed E-state index contributed by atoms with van der Waals surface area (Å²) in [6, 6.07) is 4.63. The van der Waals surface area contributed by atoms with Gasteiger partial charge in [-0.25, -0.2) is 0 Å². The van der Waals surface area contributed by atoms with Crippen molar-refractivity contribution < 1.29 is 34.4 Å². The fraction of sp³-hybridized carbons (Fsp3) is 0.300. The Labute approximate surface area is 103 Å². The summed E-state index contributed by atoms with van der Waals surface area (Å²) in [5.41, 5.74) is 0.440. The van der Waals surface area contributed by atoms with Gasteiger partial charge >= 0.3 is 103 Å². The predicted octanol–water partition coefficient (Wildman–Crippen LogP) is 1.61. The first-order valence-electron chi connectivity index (χ1n) is 4.41. The van der Waals surface area contributed by atoms with Gasteiger partial charge in [0.2, 0.25) is 0 Å². The second-order valence-electron chi connectivity index (χ2n) is 3.44. The summed E-state index contributed by atoms with van der Waals surface area (Å²) in [6.07, 6.45) is 0. The van der Waals surface area contributed by atoms with Crippen molar-refractivity contribution in [2.24, 2.45) is 5.92 Å². The second-order valence-corrected chi connectivity index (χ2v) is 5.03. The monoisotopic (exact) mass is 402 g/mol. The number of nitro groups is 1. The topological polar surface area (TPSA) is 60.2 Å². The summed E-state index contributed by atoms with van der Waals surface area (Å²) >= 11 is 1.24. The molecule has 0 bridgehead atoms. The molecule has 1 aromatic carbocycles. The summed E-state index contributed by atoms with van der Waals surface area (Å²) < 4.78 is 0.625. The molecule has 0 aromatic heterocycles.